The lowest BCUT2D eigenvalue weighted by atomic mass is 9.78. The van der Waals surface area contributed by atoms with Crippen LogP contribution in [0.5, 0.6) is 0 Å². The molecule has 240 valence electrons. The lowest BCUT2D eigenvalue weighted by Crippen LogP contribution is -2.60. The number of nitriles is 1. The van der Waals surface area contributed by atoms with Crippen molar-refractivity contribution < 1.29 is 18.6 Å². The van der Waals surface area contributed by atoms with E-state index in [-0.39, 0.29) is 34.2 Å². The van der Waals surface area contributed by atoms with Crippen LogP contribution in [-0.2, 0) is 4.74 Å². The van der Waals surface area contributed by atoms with Crippen LogP contribution in [0.4, 0.5) is 13.8 Å². The summed E-state index contributed by atoms with van der Waals surface area (Å²) < 4.78 is 38.4. The summed E-state index contributed by atoms with van der Waals surface area (Å²) in [5, 5.41) is 24.2. The number of nitrogens with zero attached hydrogens (tertiary/aromatic N) is 5. The van der Waals surface area contributed by atoms with E-state index in [4.69, 9.17) is 15.5 Å². The Balaban J connectivity index is 1.43. The number of likely N-dealkylation sites (N-methyl/N-ethyl adjacent to an activating group) is 1. The second kappa shape index (κ2) is 12.5. The largest absolute Gasteiger partial charge is 0.394 e. The van der Waals surface area contributed by atoms with E-state index in [1.807, 2.05) is 20.0 Å². The van der Waals surface area contributed by atoms with Gasteiger partial charge in [-0.25, -0.2) is 13.8 Å². The molecule has 0 spiro atoms. The number of anilines is 1. The average Bonchev–Trinajstić information content (AvgIpc) is 3.80. The van der Waals surface area contributed by atoms with Gasteiger partial charge in [-0.15, -0.1) is 11.3 Å². The van der Waals surface area contributed by atoms with Crippen LogP contribution < -0.4 is 11.1 Å². The Morgan fingerprint density at radius 3 is 2.69 bits per heavy atom. The molecule has 12 heteroatoms. The zero-order chi connectivity index (χ0) is 32.0. The van der Waals surface area contributed by atoms with Crippen molar-refractivity contribution in [2.45, 2.75) is 45.2 Å². The number of aliphatic imine (C=N–C) groups is 1. The Kier molecular flexibility index (Phi) is 8.76. The maximum atomic E-state index is 17.2. The number of allylic oxidation sites excluding steroid dienone is 3. The monoisotopic (exact) mass is 637 g/mol. The van der Waals surface area contributed by atoms with Gasteiger partial charge in [0.2, 0.25) is 0 Å². The van der Waals surface area contributed by atoms with Gasteiger partial charge >= 0.3 is 0 Å². The molecule has 0 bridgehead atoms. The van der Waals surface area contributed by atoms with Gasteiger partial charge in [-0.3, -0.25) is 4.90 Å². The lowest BCUT2D eigenvalue weighted by molar-refractivity contribution is 0.00846. The molecule has 45 heavy (non-hydrogen) atoms. The van der Waals surface area contributed by atoms with Crippen LogP contribution in [0.2, 0.25) is 0 Å². The molecule has 0 aromatic carbocycles. The van der Waals surface area contributed by atoms with Gasteiger partial charge < -0.3 is 30.7 Å². The molecule has 0 saturated carbocycles. The number of fused-ring (bicyclic) bond motifs is 2. The fourth-order valence-corrected chi connectivity index (χ4v) is 8.15. The Bertz CT molecular complexity index is 1620. The maximum absolute atomic E-state index is 17.2. The first-order valence-electron chi connectivity index (χ1n) is 15.6. The van der Waals surface area contributed by atoms with Crippen LogP contribution in [0, 0.1) is 11.3 Å². The first kappa shape index (κ1) is 31.6. The highest BCUT2D eigenvalue weighted by Gasteiger charge is 2.46. The number of aliphatic hydroxyl groups is 1. The van der Waals surface area contributed by atoms with Gasteiger partial charge in [0, 0.05) is 62.2 Å². The zero-order valence-electron chi connectivity index (χ0n) is 26.3. The highest BCUT2D eigenvalue weighted by atomic mass is 32.1. The topological polar surface area (TPSA) is 113 Å². The minimum absolute atomic E-state index is 0.0392. The number of aliphatic hydroxyl groups excluding tert-OH is 1. The van der Waals surface area contributed by atoms with Crippen LogP contribution >= 0.6 is 11.3 Å². The van der Waals surface area contributed by atoms with Gasteiger partial charge in [0.05, 0.1) is 35.8 Å². The number of nitrogen functional groups attached to an aromatic ring is 1. The van der Waals surface area contributed by atoms with Crippen molar-refractivity contribution in [3.05, 3.63) is 62.0 Å². The molecule has 2 atom stereocenters. The molecule has 5 heterocycles. The zero-order valence-corrected chi connectivity index (χ0v) is 27.2. The van der Waals surface area contributed by atoms with E-state index in [9.17, 15) is 10.4 Å². The van der Waals surface area contributed by atoms with Crippen molar-refractivity contribution in [2.24, 2.45) is 4.99 Å². The Morgan fingerprint density at radius 2 is 2.02 bits per heavy atom. The molecular formula is C33H41F2N7O2S. The number of likely N-dealkylation sites (tertiary alicyclic amines) is 1. The summed E-state index contributed by atoms with van der Waals surface area (Å²) in [5.74, 6) is -0.413. The van der Waals surface area contributed by atoms with Crippen LogP contribution in [-0.4, -0.2) is 103 Å². The van der Waals surface area contributed by atoms with E-state index in [2.05, 4.69) is 33.1 Å². The van der Waals surface area contributed by atoms with Crippen molar-refractivity contribution in [3.8, 4) is 6.07 Å². The molecule has 1 aromatic rings. The van der Waals surface area contributed by atoms with E-state index in [1.54, 1.807) is 6.92 Å². The van der Waals surface area contributed by atoms with E-state index < -0.39 is 17.7 Å². The second-order valence-corrected chi connectivity index (χ2v) is 13.5. The third-order valence-electron chi connectivity index (χ3n) is 9.96. The number of thiophene rings is 1. The summed E-state index contributed by atoms with van der Waals surface area (Å²) in [6.45, 7) is 10.9. The molecule has 1 aliphatic carbocycles. The summed E-state index contributed by atoms with van der Waals surface area (Å²) in [4.78, 5) is 11.9. The molecule has 4 N–H and O–H groups in total. The molecule has 2 unspecified atom stereocenters. The smallest absolute Gasteiger partial charge is 0.199 e. The summed E-state index contributed by atoms with van der Waals surface area (Å²) in [5.41, 5.74) is 10.2. The SMILES string of the molecule is C/C=C(/F)c1sc(N)c(C#N)c1/C(C1=C(F)C2N=C(N3CCC(CO)(N4CCN(C)CC4)C3)NC=C2C2=C1COC2)=C(\C)CC. The molecule has 5 aliphatic rings. The molecule has 0 amide bonds. The average molecular weight is 638 g/mol. The highest BCUT2D eigenvalue weighted by molar-refractivity contribution is 7.17. The van der Waals surface area contributed by atoms with Gasteiger partial charge in [-0.1, -0.05) is 18.6 Å². The van der Waals surface area contributed by atoms with Gasteiger partial charge in [-0.05, 0) is 50.5 Å². The number of guanidine groups is 1. The Morgan fingerprint density at radius 1 is 1.29 bits per heavy atom. The summed E-state index contributed by atoms with van der Waals surface area (Å²) in [7, 11) is 2.11. The van der Waals surface area contributed by atoms with Gasteiger partial charge in [-0.2, -0.15) is 5.26 Å². The van der Waals surface area contributed by atoms with E-state index >= 15 is 8.78 Å². The van der Waals surface area contributed by atoms with Crippen molar-refractivity contribution >= 4 is 33.7 Å². The van der Waals surface area contributed by atoms with Crippen LogP contribution in [0.25, 0.3) is 11.4 Å². The normalized spacial score (nSPS) is 26.8. The summed E-state index contributed by atoms with van der Waals surface area (Å²) >= 11 is 1.00. The first-order chi connectivity index (χ1) is 21.7. The minimum atomic E-state index is -0.930. The maximum Gasteiger partial charge on any atom is 0.199 e. The van der Waals surface area contributed by atoms with Crippen LogP contribution in [0.3, 0.4) is 0 Å². The van der Waals surface area contributed by atoms with Crippen molar-refractivity contribution in [1.82, 2.24) is 20.0 Å². The molecule has 9 nitrogen and oxygen atoms in total. The molecule has 2 saturated heterocycles. The summed E-state index contributed by atoms with van der Waals surface area (Å²) in [6, 6.07) is 1.23. The number of hydrogen-bond donors (Lipinski definition) is 3. The van der Waals surface area contributed by atoms with E-state index in [0.717, 1.165) is 55.1 Å². The number of hydrogen-bond acceptors (Lipinski definition) is 10. The van der Waals surface area contributed by atoms with Crippen molar-refractivity contribution in [2.75, 3.05) is 71.9 Å². The quantitative estimate of drug-likeness (QED) is 0.426. The highest BCUT2D eigenvalue weighted by Crippen LogP contribution is 2.51. The van der Waals surface area contributed by atoms with Crippen molar-refractivity contribution in [3.63, 3.8) is 0 Å². The van der Waals surface area contributed by atoms with Crippen molar-refractivity contribution in [1.29, 1.82) is 5.26 Å². The van der Waals surface area contributed by atoms with Crippen LogP contribution in [0.15, 0.2) is 51.0 Å². The summed E-state index contributed by atoms with van der Waals surface area (Å²) in [6.07, 6.45) is 4.49. The number of rotatable bonds is 6. The number of piperazine rings is 1. The third-order valence-corrected chi connectivity index (χ3v) is 11.0. The third kappa shape index (κ3) is 5.24. The Labute approximate surface area is 267 Å². The molecule has 6 rings (SSSR count). The van der Waals surface area contributed by atoms with Gasteiger partial charge in [0.15, 0.2) is 5.96 Å². The minimum Gasteiger partial charge on any atom is -0.394 e. The molecular weight excluding hydrogens is 596 g/mol. The molecule has 4 aliphatic heterocycles. The fourth-order valence-electron chi connectivity index (χ4n) is 7.16. The molecule has 2 fully saturated rings. The predicted octanol–water partition coefficient (Wildman–Crippen LogP) is 4.18. The standard InChI is InChI=1S/C33H41F2N7O2S/c1-5-19(3)25(27-20(13-36)31(37)45-30(27)24(34)6-2)26-23-16-44-15-22(23)21-14-38-32(39-29(21)28(26)35)41-8-7-33(17-41,18-43)42-11-9-40(4)10-12-42/h6,14,29,43H,5,7-12,15-18,37H2,1-4H3,(H,38,39)/b24-6+,25-19+. The number of ether oxygens (including phenoxy) is 1. The predicted molar refractivity (Wildman–Crippen MR) is 175 cm³/mol. The lowest BCUT2D eigenvalue weighted by Gasteiger charge is -2.44. The number of nitrogens with one attached hydrogen (secondary N) is 1. The van der Waals surface area contributed by atoms with E-state index in [1.165, 1.54) is 6.08 Å². The Hall–Kier alpha value is -3.34. The van der Waals surface area contributed by atoms with Gasteiger partial charge in [0.1, 0.15) is 28.8 Å². The fraction of sp³-hybridized carbons (Fsp3) is 0.515. The van der Waals surface area contributed by atoms with E-state index in [0.29, 0.717) is 59.9 Å². The number of nitrogens with two attached hydrogens (primary N) is 1. The number of halogens is 2. The molecule has 0 radical (unpaired) electrons. The first-order valence-corrected chi connectivity index (χ1v) is 16.4. The molecule has 1 aromatic heterocycles. The van der Waals surface area contributed by atoms with Gasteiger partial charge in [0.25, 0.3) is 0 Å². The second-order valence-electron chi connectivity index (χ2n) is 12.4. The van der Waals surface area contributed by atoms with Crippen LogP contribution in [0.1, 0.15) is 49.6 Å².